The smallest absolute Gasteiger partial charge is 0.434 e. The number of nitrogens with one attached hydrogen (secondary N) is 1. The first kappa shape index (κ1) is 19.4. The number of carbonyl (C=O) groups excluding carboxylic acids is 1. The Hall–Kier alpha value is -3.37. The minimum absolute atomic E-state index is 0.0685. The summed E-state index contributed by atoms with van der Waals surface area (Å²) in [5, 5.41) is 2.62. The van der Waals surface area contributed by atoms with Gasteiger partial charge in [-0.3, -0.25) is 14.5 Å². The van der Waals surface area contributed by atoms with Gasteiger partial charge in [0.15, 0.2) is 11.5 Å². The van der Waals surface area contributed by atoms with E-state index in [9.17, 15) is 22.8 Å². The highest BCUT2D eigenvalue weighted by atomic mass is 19.4. The van der Waals surface area contributed by atoms with Crippen molar-refractivity contribution in [1.82, 2.24) is 24.3 Å². The fourth-order valence-corrected chi connectivity index (χ4v) is 2.29. The summed E-state index contributed by atoms with van der Waals surface area (Å²) in [5.41, 5.74) is -2.28. The summed E-state index contributed by atoms with van der Waals surface area (Å²) in [6, 6.07) is 2.85. The number of carbonyl (C=O) groups is 1. The summed E-state index contributed by atoms with van der Waals surface area (Å²) in [5.74, 6) is -0.413. The van der Waals surface area contributed by atoms with E-state index in [0.717, 1.165) is 15.6 Å². The number of imidazole rings is 1. The maximum atomic E-state index is 12.7. The lowest BCUT2D eigenvalue weighted by molar-refractivity contribution is -0.140. The minimum Gasteiger partial charge on any atom is -0.456 e. The Labute approximate surface area is 156 Å². The van der Waals surface area contributed by atoms with E-state index in [1.807, 2.05) is 0 Å². The molecule has 0 aliphatic rings. The number of nitrogens with zero attached hydrogens (tertiary/aromatic N) is 4. The van der Waals surface area contributed by atoms with Gasteiger partial charge in [-0.15, -0.1) is 0 Å². The van der Waals surface area contributed by atoms with Crippen LogP contribution >= 0.6 is 0 Å². The standard InChI is InChI=1S/C17H16F3N5O3/c1-16(2,3)28-15(27)10-4-5-13(21-6-10)25-14(26)11(7-23-25)24-8-12(22-9-24)17(18,19)20/h4-9,23H,1-3H3. The number of esters is 1. The molecule has 148 valence electrons. The number of hydrogen-bond donors (Lipinski definition) is 1. The Morgan fingerprint density at radius 2 is 1.89 bits per heavy atom. The number of ether oxygens (including phenoxy) is 1. The predicted molar refractivity (Wildman–Crippen MR) is 91.5 cm³/mol. The molecule has 0 amide bonds. The van der Waals surface area contributed by atoms with E-state index in [1.165, 1.54) is 24.5 Å². The molecule has 3 rings (SSSR count). The zero-order chi connectivity index (χ0) is 20.7. The van der Waals surface area contributed by atoms with Crippen LogP contribution in [0.4, 0.5) is 13.2 Å². The number of H-pyrrole nitrogens is 1. The summed E-state index contributed by atoms with van der Waals surface area (Å²) in [7, 11) is 0. The van der Waals surface area contributed by atoms with Gasteiger partial charge in [-0.1, -0.05) is 0 Å². The van der Waals surface area contributed by atoms with Crippen LogP contribution in [-0.4, -0.2) is 35.9 Å². The van der Waals surface area contributed by atoms with Crippen molar-refractivity contribution in [2.24, 2.45) is 0 Å². The summed E-state index contributed by atoms with van der Waals surface area (Å²) >= 11 is 0. The molecular weight excluding hydrogens is 379 g/mol. The molecule has 3 aromatic rings. The van der Waals surface area contributed by atoms with Crippen LogP contribution in [-0.2, 0) is 10.9 Å². The number of pyridine rings is 1. The molecule has 0 bridgehead atoms. The van der Waals surface area contributed by atoms with Crippen LogP contribution in [0.25, 0.3) is 11.5 Å². The SMILES string of the molecule is CC(C)(C)OC(=O)c1ccc(-n2[nH]cc(-n3cnc(C(F)(F)F)c3)c2=O)nc1. The maximum absolute atomic E-state index is 12.7. The molecule has 0 saturated heterocycles. The van der Waals surface area contributed by atoms with E-state index in [0.29, 0.717) is 6.20 Å². The number of hydrogen-bond acceptors (Lipinski definition) is 5. The van der Waals surface area contributed by atoms with Gasteiger partial charge in [0, 0.05) is 18.6 Å². The zero-order valence-corrected chi connectivity index (χ0v) is 15.1. The van der Waals surface area contributed by atoms with Crippen LogP contribution < -0.4 is 5.56 Å². The van der Waals surface area contributed by atoms with Crippen LogP contribution in [0.3, 0.4) is 0 Å². The number of rotatable bonds is 3. The highest BCUT2D eigenvalue weighted by Gasteiger charge is 2.33. The lowest BCUT2D eigenvalue weighted by Crippen LogP contribution is -2.24. The lowest BCUT2D eigenvalue weighted by Gasteiger charge is -2.19. The van der Waals surface area contributed by atoms with Crippen molar-refractivity contribution in [3.05, 3.63) is 58.7 Å². The second kappa shape index (κ2) is 6.66. The lowest BCUT2D eigenvalue weighted by atomic mass is 10.2. The molecule has 0 spiro atoms. The van der Waals surface area contributed by atoms with Crippen molar-refractivity contribution in [1.29, 1.82) is 0 Å². The van der Waals surface area contributed by atoms with Gasteiger partial charge in [0.1, 0.15) is 17.6 Å². The summed E-state index contributed by atoms with van der Waals surface area (Å²) in [4.78, 5) is 31.8. The van der Waals surface area contributed by atoms with Gasteiger partial charge in [0.2, 0.25) is 0 Å². The van der Waals surface area contributed by atoms with Gasteiger partial charge in [-0.25, -0.2) is 14.8 Å². The van der Waals surface area contributed by atoms with Gasteiger partial charge in [-0.2, -0.15) is 17.9 Å². The molecule has 0 radical (unpaired) electrons. The zero-order valence-electron chi connectivity index (χ0n) is 15.1. The highest BCUT2D eigenvalue weighted by Crippen LogP contribution is 2.27. The maximum Gasteiger partial charge on any atom is 0.434 e. The first-order valence-electron chi connectivity index (χ1n) is 8.07. The Balaban J connectivity index is 1.87. The molecule has 28 heavy (non-hydrogen) atoms. The first-order chi connectivity index (χ1) is 13.0. The second-order valence-corrected chi connectivity index (χ2v) is 6.87. The average Bonchev–Trinajstić information content (AvgIpc) is 3.20. The number of aromatic nitrogens is 5. The van der Waals surface area contributed by atoms with Crippen molar-refractivity contribution in [2.45, 2.75) is 32.5 Å². The molecule has 0 saturated carbocycles. The third-order valence-corrected chi connectivity index (χ3v) is 3.52. The quantitative estimate of drug-likeness (QED) is 0.688. The van der Waals surface area contributed by atoms with E-state index >= 15 is 0 Å². The van der Waals surface area contributed by atoms with Crippen molar-refractivity contribution in [2.75, 3.05) is 0 Å². The number of halogens is 3. The highest BCUT2D eigenvalue weighted by molar-refractivity contribution is 5.89. The van der Waals surface area contributed by atoms with Gasteiger partial charge in [0.25, 0.3) is 5.56 Å². The van der Waals surface area contributed by atoms with Crippen molar-refractivity contribution in [3.63, 3.8) is 0 Å². The third-order valence-electron chi connectivity index (χ3n) is 3.52. The van der Waals surface area contributed by atoms with Crippen molar-refractivity contribution >= 4 is 5.97 Å². The molecule has 11 heteroatoms. The molecular formula is C17H16F3N5O3. The molecule has 0 atom stereocenters. The van der Waals surface area contributed by atoms with Crippen LogP contribution in [0.1, 0.15) is 36.8 Å². The van der Waals surface area contributed by atoms with Gasteiger partial charge in [0.05, 0.1) is 5.56 Å². The monoisotopic (exact) mass is 395 g/mol. The first-order valence-corrected chi connectivity index (χ1v) is 8.07. The number of aromatic amines is 1. The molecule has 0 fully saturated rings. The van der Waals surface area contributed by atoms with Crippen molar-refractivity contribution in [3.8, 4) is 11.5 Å². The predicted octanol–water partition coefficient (Wildman–Crippen LogP) is 2.72. The van der Waals surface area contributed by atoms with E-state index in [2.05, 4.69) is 15.1 Å². The van der Waals surface area contributed by atoms with E-state index in [1.54, 1.807) is 20.8 Å². The van der Waals surface area contributed by atoms with Gasteiger partial charge in [-0.05, 0) is 32.9 Å². The normalized spacial score (nSPS) is 12.2. The molecule has 0 aliphatic heterocycles. The summed E-state index contributed by atoms with van der Waals surface area (Å²) in [6.45, 7) is 5.19. The minimum atomic E-state index is -4.61. The Morgan fingerprint density at radius 3 is 2.43 bits per heavy atom. The van der Waals surface area contributed by atoms with E-state index in [-0.39, 0.29) is 17.1 Å². The molecule has 0 unspecified atom stereocenters. The van der Waals surface area contributed by atoms with Gasteiger partial charge >= 0.3 is 12.1 Å². The fraction of sp³-hybridized carbons (Fsp3) is 0.294. The Morgan fingerprint density at radius 1 is 1.18 bits per heavy atom. The van der Waals surface area contributed by atoms with Gasteiger partial charge < -0.3 is 4.74 Å². The summed E-state index contributed by atoms with van der Waals surface area (Å²) in [6.07, 6.45) is -0.521. The fourth-order valence-electron chi connectivity index (χ4n) is 2.29. The van der Waals surface area contributed by atoms with Crippen molar-refractivity contribution < 1.29 is 22.7 Å². The molecule has 3 heterocycles. The molecule has 1 N–H and O–H groups in total. The van der Waals surface area contributed by atoms with E-state index < -0.39 is 29.0 Å². The Kier molecular flexibility index (Phi) is 4.61. The molecule has 3 aromatic heterocycles. The van der Waals surface area contributed by atoms with Crippen LogP contribution in [0, 0.1) is 0 Å². The molecule has 0 aromatic carbocycles. The largest absolute Gasteiger partial charge is 0.456 e. The second-order valence-electron chi connectivity index (χ2n) is 6.87. The van der Waals surface area contributed by atoms with Crippen LogP contribution in [0.2, 0.25) is 0 Å². The molecule has 0 aliphatic carbocycles. The summed E-state index contributed by atoms with van der Waals surface area (Å²) < 4.78 is 45.3. The van der Waals surface area contributed by atoms with Crippen LogP contribution in [0.5, 0.6) is 0 Å². The number of alkyl halides is 3. The third kappa shape index (κ3) is 3.97. The Bertz CT molecular complexity index is 1060. The van der Waals surface area contributed by atoms with E-state index in [4.69, 9.17) is 4.74 Å². The average molecular weight is 395 g/mol. The molecule has 8 nitrogen and oxygen atoms in total. The topological polar surface area (TPSA) is 94.8 Å². The van der Waals surface area contributed by atoms with Crippen LogP contribution in [0.15, 0.2) is 41.8 Å².